The van der Waals surface area contributed by atoms with Crippen molar-refractivity contribution in [2.45, 2.75) is 6.17 Å². The average Bonchev–Trinajstić information content (AvgIpc) is 2.43. The standard InChI is InChI=1S/C9H8FNO2/c1-13-5-2-3-7-6(4-5)8(10)9(12)11-7/h2-4,8H,1H3,(H,11,12)/t8-/m1/s1. The first kappa shape index (κ1) is 8.04. The van der Waals surface area contributed by atoms with E-state index in [1.807, 2.05) is 0 Å². The number of rotatable bonds is 1. The lowest BCUT2D eigenvalue weighted by Gasteiger charge is -2.02. The predicted molar refractivity (Wildman–Crippen MR) is 45.5 cm³/mol. The Morgan fingerprint density at radius 1 is 1.54 bits per heavy atom. The van der Waals surface area contributed by atoms with Crippen LogP contribution in [0.25, 0.3) is 0 Å². The summed E-state index contributed by atoms with van der Waals surface area (Å²) >= 11 is 0. The molecule has 4 heteroatoms. The molecular formula is C9H8FNO2. The number of carbonyl (C=O) groups is 1. The lowest BCUT2D eigenvalue weighted by Crippen LogP contribution is -2.07. The summed E-state index contributed by atoms with van der Waals surface area (Å²) in [7, 11) is 1.50. The number of nitrogens with one attached hydrogen (secondary N) is 1. The van der Waals surface area contributed by atoms with Crippen LogP contribution in [0.5, 0.6) is 5.75 Å². The Balaban J connectivity index is 2.47. The van der Waals surface area contributed by atoms with Gasteiger partial charge in [-0.05, 0) is 18.2 Å². The molecule has 0 saturated carbocycles. The van der Waals surface area contributed by atoms with Crippen molar-refractivity contribution in [1.82, 2.24) is 0 Å². The minimum absolute atomic E-state index is 0.351. The number of halogens is 1. The molecule has 1 aromatic carbocycles. The number of methoxy groups -OCH3 is 1. The fourth-order valence-corrected chi connectivity index (χ4v) is 1.33. The van der Waals surface area contributed by atoms with E-state index >= 15 is 0 Å². The highest BCUT2D eigenvalue weighted by Gasteiger charge is 2.30. The van der Waals surface area contributed by atoms with Crippen LogP contribution in [-0.4, -0.2) is 13.0 Å². The fraction of sp³-hybridized carbons (Fsp3) is 0.222. The van der Waals surface area contributed by atoms with Crippen LogP contribution < -0.4 is 10.1 Å². The van der Waals surface area contributed by atoms with Gasteiger partial charge in [-0.3, -0.25) is 4.79 Å². The van der Waals surface area contributed by atoms with Gasteiger partial charge in [0.25, 0.3) is 5.91 Å². The van der Waals surface area contributed by atoms with Crippen LogP contribution in [0.3, 0.4) is 0 Å². The average molecular weight is 181 g/mol. The van der Waals surface area contributed by atoms with Crippen LogP contribution in [0, 0.1) is 0 Å². The van der Waals surface area contributed by atoms with Crippen LogP contribution in [-0.2, 0) is 4.79 Å². The zero-order chi connectivity index (χ0) is 9.42. The molecule has 1 aliphatic rings. The van der Waals surface area contributed by atoms with Crippen LogP contribution in [0.2, 0.25) is 0 Å². The SMILES string of the molecule is COc1ccc2c(c1)[C@@H](F)C(=O)N2. The summed E-state index contributed by atoms with van der Waals surface area (Å²) in [5.74, 6) is -0.0545. The van der Waals surface area contributed by atoms with Gasteiger partial charge in [0.05, 0.1) is 7.11 Å². The number of carbonyl (C=O) groups excluding carboxylic acids is 1. The Morgan fingerprint density at radius 3 is 3.00 bits per heavy atom. The molecule has 1 heterocycles. The predicted octanol–water partition coefficient (Wildman–Crippen LogP) is 1.66. The summed E-state index contributed by atoms with van der Waals surface area (Å²) in [4.78, 5) is 10.9. The highest BCUT2D eigenvalue weighted by atomic mass is 19.1. The molecule has 13 heavy (non-hydrogen) atoms. The number of hydrogen-bond acceptors (Lipinski definition) is 2. The van der Waals surface area contributed by atoms with Crippen molar-refractivity contribution in [2.75, 3.05) is 12.4 Å². The second-order valence-electron chi connectivity index (χ2n) is 2.80. The van der Waals surface area contributed by atoms with Crippen molar-refractivity contribution in [3.05, 3.63) is 23.8 Å². The number of anilines is 1. The number of fused-ring (bicyclic) bond motifs is 1. The van der Waals surface area contributed by atoms with Crippen molar-refractivity contribution < 1.29 is 13.9 Å². The fourth-order valence-electron chi connectivity index (χ4n) is 1.33. The maximum absolute atomic E-state index is 13.2. The molecule has 0 radical (unpaired) electrons. The van der Waals surface area contributed by atoms with Gasteiger partial charge in [0.2, 0.25) is 6.17 Å². The van der Waals surface area contributed by atoms with Gasteiger partial charge in [-0.25, -0.2) is 4.39 Å². The Morgan fingerprint density at radius 2 is 2.31 bits per heavy atom. The zero-order valence-corrected chi connectivity index (χ0v) is 7.00. The highest BCUT2D eigenvalue weighted by Crippen LogP contribution is 2.35. The molecule has 2 rings (SSSR count). The van der Waals surface area contributed by atoms with Gasteiger partial charge in [0.15, 0.2) is 0 Å². The molecule has 0 aliphatic carbocycles. The lowest BCUT2D eigenvalue weighted by molar-refractivity contribution is -0.120. The van der Waals surface area contributed by atoms with E-state index in [1.54, 1.807) is 12.1 Å². The van der Waals surface area contributed by atoms with Gasteiger partial charge in [-0.2, -0.15) is 0 Å². The summed E-state index contributed by atoms with van der Waals surface area (Å²) in [6.45, 7) is 0. The largest absolute Gasteiger partial charge is 0.497 e. The summed E-state index contributed by atoms with van der Waals surface area (Å²) in [5, 5.41) is 2.43. The Kier molecular flexibility index (Phi) is 1.69. The Bertz CT molecular complexity index is 365. The quantitative estimate of drug-likeness (QED) is 0.715. The Labute approximate surface area is 74.5 Å². The second-order valence-corrected chi connectivity index (χ2v) is 2.80. The van der Waals surface area contributed by atoms with E-state index in [2.05, 4.69) is 5.32 Å². The first-order valence-corrected chi connectivity index (χ1v) is 3.85. The maximum Gasteiger partial charge on any atom is 0.263 e. The van der Waals surface area contributed by atoms with Crippen molar-refractivity contribution in [1.29, 1.82) is 0 Å². The first-order chi connectivity index (χ1) is 6.22. The van der Waals surface area contributed by atoms with E-state index in [1.165, 1.54) is 13.2 Å². The zero-order valence-electron chi connectivity index (χ0n) is 7.00. The lowest BCUT2D eigenvalue weighted by atomic mass is 10.1. The smallest absolute Gasteiger partial charge is 0.263 e. The molecule has 1 amide bonds. The van der Waals surface area contributed by atoms with E-state index in [-0.39, 0.29) is 0 Å². The molecule has 68 valence electrons. The van der Waals surface area contributed by atoms with Gasteiger partial charge in [-0.1, -0.05) is 0 Å². The molecule has 0 unspecified atom stereocenters. The minimum Gasteiger partial charge on any atom is -0.497 e. The van der Waals surface area contributed by atoms with Gasteiger partial charge < -0.3 is 10.1 Å². The molecule has 0 bridgehead atoms. The monoisotopic (exact) mass is 181 g/mol. The third-order valence-electron chi connectivity index (χ3n) is 2.02. The summed E-state index contributed by atoms with van der Waals surface area (Å²) in [5.41, 5.74) is 0.877. The van der Waals surface area contributed by atoms with E-state index < -0.39 is 12.1 Å². The molecule has 0 spiro atoms. The van der Waals surface area contributed by atoms with Gasteiger partial charge in [0, 0.05) is 11.3 Å². The molecule has 0 aromatic heterocycles. The number of amides is 1. The van der Waals surface area contributed by atoms with E-state index in [0.717, 1.165) is 0 Å². The molecule has 3 nitrogen and oxygen atoms in total. The Hall–Kier alpha value is -1.58. The van der Waals surface area contributed by atoms with Crippen LogP contribution in [0.15, 0.2) is 18.2 Å². The molecule has 1 atom stereocenters. The van der Waals surface area contributed by atoms with Crippen molar-refractivity contribution >= 4 is 11.6 Å². The molecule has 0 saturated heterocycles. The molecule has 1 aromatic rings. The number of alkyl halides is 1. The summed E-state index contributed by atoms with van der Waals surface area (Å²) < 4.78 is 18.1. The second kappa shape index (κ2) is 2.73. The van der Waals surface area contributed by atoms with E-state index in [0.29, 0.717) is 17.0 Å². The van der Waals surface area contributed by atoms with Gasteiger partial charge in [0.1, 0.15) is 5.75 Å². The normalized spacial score (nSPS) is 19.5. The van der Waals surface area contributed by atoms with E-state index in [4.69, 9.17) is 4.74 Å². The van der Waals surface area contributed by atoms with Crippen molar-refractivity contribution in [3.63, 3.8) is 0 Å². The number of benzene rings is 1. The minimum atomic E-state index is -1.56. The van der Waals surface area contributed by atoms with Crippen LogP contribution in [0.1, 0.15) is 11.7 Å². The highest BCUT2D eigenvalue weighted by molar-refractivity contribution is 6.01. The van der Waals surface area contributed by atoms with Crippen LogP contribution >= 0.6 is 0 Å². The first-order valence-electron chi connectivity index (χ1n) is 3.85. The maximum atomic E-state index is 13.2. The number of ether oxygens (including phenoxy) is 1. The molecule has 1 N–H and O–H groups in total. The van der Waals surface area contributed by atoms with E-state index in [9.17, 15) is 9.18 Å². The molecule has 1 aliphatic heterocycles. The molecular weight excluding hydrogens is 173 g/mol. The van der Waals surface area contributed by atoms with Crippen molar-refractivity contribution in [2.24, 2.45) is 0 Å². The summed E-state index contributed by atoms with van der Waals surface area (Å²) in [6.07, 6.45) is -1.56. The van der Waals surface area contributed by atoms with Gasteiger partial charge >= 0.3 is 0 Å². The third kappa shape index (κ3) is 1.14. The third-order valence-corrected chi connectivity index (χ3v) is 2.02. The van der Waals surface area contributed by atoms with Crippen molar-refractivity contribution in [3.8, 4) is 5.75 Å². The number of hydrogen-bond donors (Lipinski definition) is 1. The summed E-state index contributed by atoms with van der Waals surface area (Å²) in [6, 6.07) is 4.83. The van der Waals surface area contributed by atoms with Crippen LogP contribution in [0.4, 0.5) is 10.1 Å². The topological polar surface area (TPSA) is 38.3 Å². The van der Waals surface area contributed by atoms with Gasteiger partial charge in [-0.15, -0.1) is 0 Å². The molecule has 0 fully saturated rings.